The van der Waals surface area contributed by atoms with Crippen molar-refractivity contribution < 1.29 is 14.3 Å². The van der Waals surface area contributed by atoms with Crippen LogP contribution < -0.4 is 15.4 Å². The van der Waals surface area contributed by atoms with Crippen LogP contribution >= 0.6 is 0 Å². The molecule has 1 aliphatic heterocycles. The summed E-state index contributed by atoms with van der Waals surface area (Å²) in [7, 11) is 3.70. The molecule has 0 aliphatic carbocycles. The molecule has 4 aromatic rings. The number of carbonyl (C=O) groups excluding carboxylic acids is 2. The van der Waals surface area contributed by atoms with Crippen molar-refractivity contribution in [3.05, 3.63) is 82.9 Å². The lowest BCUT2D eigenvalue weighted by atomic mass is 9.85. The zero-order valence-electron chi connectivity index (χ0n) is 30.3. The van der Waals surface area contributed by atoms with Gasteiger partial charge in [-0.2, -0.15) is 0 Å². The van der Waals surface area contributed by atoms with E-state index in [-0.39, 0.29) is 22.6 Å². The number of aryl methyl sites for hydroxylation is 1. The molecule has 0 spiro atoms. The number of carbonyl (C=O) groups is 2. The second-order valence-corrected chi connectivity index (χ2v) is 15.2. The Morgan fingerprint density at radius 2 is 1.63 bits per heavy atom. The third-order valence-electron chi connectivity index (χ3n) is 8.74. The van der Waals surface area contributed by atoms with Crippen LogP contribution in [0, 0.1) is 12.3 Å². The van der Waals surface area contributed by atoms with Gasteiger partial charge in [0.1, 0.15) is 5.69 Å². The third-order valence-corrected chi connectivity index (χ3v) is 8.74. The maximum Gasteiger partial charge on any atom is 0.259 e. The molecule has 11 nitrogen and oxygen atoms in total. The van der Waals surface area contributed by atoms with Crippen molar-refractivity contribution in [2.24, 2.45) is 5.41 Å². The number of nitrogens with one attached hydrogen (secondary N) is 2. The van der Waals surface area contributed by atoms with Crippen LogP contribution in [0.25, 0.3) is 16.8 Å². The molecule has 0 bridgehead atoms. The molecule has 0 radical (unpaired) electrons. The molecule has 11 heteroatoms. The topological polar surface area (TPSA) is 118 Å². The van der Waals surface area contributed by atoms with Gasteiger partial charge in [0.15, 0.2) is 5.75 Å². The van der Waals surface area contributed by atoms with Crippen molar-refractivity contribution in [1.82, 2.24) is 35.1 Å². The first-order valence-electron chi connectivity index (χ1n) is 16.8. The summed E-state index contributed by atoms with van der Waals surface area (Å²) in [6.07, 6.45) is 3.56. The molecule has 1 saturated heterocycles. The summed E-state index contributed by atoms with van der Waals surface area (Å²) in [4.78, 5) is 36.0. The number of aromatic nitrogens is 4. The smallest absolute Gasteiger partial charge is 0.259 e. The fourth-order valence-electron chi connectivity index (χ4n) is 5.66. The van der Waals surface area contributed by atoms with Crippen LogP contribution in [0.1, 0.15) is 79.2 Å². The summed E-state index contributed by atoms with van der Waals surface area (Å²) < 4.78 is 7.60. The highest BCUT2D eigenvalue weighted by Crippen LogP contribution is 2.35. The van der Waals surface area contributed by atoms with E-state index < -0.39 is 0 Å². The predicted octanol–water partition coefficient (Wildman–Crippen LogP) is 5.72. The first kappa shape index (κ1) is 35.7. The van der Waals surface area contributed by atoms with Gasteiger partial charge in [-0.05, 0) is 66.3 Å². The minimum atomic E-state index is -0.329. The number of benzene rings is 2. The zero-order chi connectivity index (χ0) is 35.5. The van der Waals surface area contributed by atoms with E-state index in [1.54, 1.807) is 18.0 Å². The summed E-state index contributed by atoms with van der Waals surface area (Å²) in [5.74, 6) is -0.0353. The fraction of sp³-hybridized carbons (Fsp3) is 0.447. The van der Waals surface area contributed by atoms with Crippen LogP contribution in [0.4, 0.5) is 5.69 Å². The quantitative estimate of drug-likeness (QED) is 0.233. The van der Waals surface area contributed by atoms with Crippen LogP contribution in [0.2, 0.25) is 0 Å². The number of anilines is 1. The van der Waals surface area contributed by atoms with Crippen molar-refractivity contribution in [1.29, 1.82) is 0 Å². The Morgan fingerprint density at radius 1 is 0.939 bits per heavy atom. The Morgan fingerprint density at radius 3 is 2.27 bits per heavy atom. The Balaban J connectivity index is 1.40. The normalized spacial score (nSPS) is 14.5. The molecule has 2 amide bonds. The number of hydrogen-bond donors (Lipinski definition) is 2. The summed E-state index contributed by atoms with van der Waals surface area (Å²) in [5, 5.41) is 15.0. The average molecular weight is 667 g/mol. The van der Waals surface area contributed by atoms with Gasteiger partial charge in [-0.15, -0.1) is 5.10 Å². The highest BCUT2D eigenvalue weighted by atomic mass is 16.5. The fourth-order valence-corrected chi connectivity index (χ4v) is 5.66. The SMILES string of the molecule is COc1c(C(=O)Nc2cnc(C)c(-c3ccc(C(=O)NCC(C)(C)C)cc3)c2)cc(C(C)(C)C)cc1-n1cc(CN2CCN(C)CC2)nn1. The van der Waals surface area contributed by atoms with Gasteiger partial charge < -0.3 is 20.3 Å². The van der Waals surface area contributed by atoms with E-state index in [1.807, 2.05) is 55.6 Å². The molecule has 0 unspecified atom stereocenters. The molecule has 2 aromatic heterocycles. The molecular weight excluding hydrogens is 616 g/mol. The number of pyridine rings is 1. The molecular formula is C38H50N8O3. The number of piperazine rings is 1. The molecule has 5 rings (SSSR count). The molecule has 260 valence electrons. The van der Waals surface area contributed by atoms with Crippen LogP contribution in [-0.2, 0) is 12.0 Å². The maximum atomic E-state index is 14.0. The lowest BCUT2D eigenvalue weighted by molar-refractivity contribution is 0.0938. The minimum Gasteiger partial charge on any atom is -0.494 e. The number of rotatable bonds is 9. The predicted molar refractivity (Wildman–Crippen MR) is 194 cm³/mol. The first-order valence-corrected chi connectivity index (χ1v) is 16.8. The van der Waals surface area contributed by atoms with E-state index in [0.717, 1.165) is 54.3 Å². The first-order chi connectivity index (χ1) is 23.1. The van der Waals surface area contributed by atoms with Gasteiger partial charge in [0, 0.05) is 56.1 Å². The van der Waals surface area contributed by atoms with Crippen molar-refractivity contribution in [3.63, 3.8) is 0 Å². The zero-order valence-corrected chi connectivity index (χ0v) is 30.3. The van der Waals surface area contributed by atoms with Crippen LogP contribution in [0.3, 0.4) is 0 Å². The van der Waals surface area contributed by atoms with Crippen LogP contribution in [0.15, 0.2) is 54.9 Å². The Bertz CT molecular complexity index is 1790. The summed E-state index contributed by atoms with van der Waals surface area (Å²) >= 11 is 0. The van der Waals surface area contributed by atoms with Gasteiger partial charge in [-0.25, -0.2) is 4.68 Å². The minimum absolute atomic E-state index is 0.00660. The van der Waals surface area contributed by atoms with Crippen LogP contribution in [-0.4, -0.2) is 88.5 Å². The largest absolute Gasteiger partial charge is 0.494 e. The molecule has 49 heavy (non-hydrogen) atoms. The van der Waals surface area contributed by atoms with Crippen molar-refractivity contribution >= 4 is 17.5 Å². The van der Waals surface area contributed by atoms with E-state index in [0.29, 0.717) is 41.3 Å². The van der Waals surface area contributed by atoms with E-state index >= 15 is 0 Å². The highest BCUT2D eigenvalue weighted by molar-refractivity contribution is 6.07. The summed E-state index contributed by atoms with van der Waals surface area (Å²) in [5.41, 5.74) is 6.25. The van der Waals surface area contributed by atoms with Crippen LogP contribution in [0.5, 0.6) is 5.75 Å². The standard InChI is InChI=1S/C38H50N8O3/c1-25-31(26-10-12-27(13-11-26)35(47)40-24-37(2,3)4)20-29(21-39-25)41-36(48)32-18-28(38(5,6)7)19-33(34(32)49-9)46-23-30(42-43-46)22-45-16-14-44(8)15-17-45/h10-13,18-21,23H,14-17,22,24H2,1-9H3,(H,40,47)(H,41,48). The summed E-state index contributed by atoms with van der Waals surface area (Å²) in [6, 6.07) is 13.2. The second-order valence-electron chi connectivity index (χ2n) is 15.2. The monoisotopic (exact) mass is 666 g/mol. The molecule has 0 atom stereocenters. The Hall–Kier alpha value is -4.61. The number of methoxy groups -OCH3 is 1. The Labute approximate surface area is 290 Å². The van der Waals surface area contributed by atoms with Gasteiger partial charge in [0.25, 0.3) is 11.8 Å². The maximum absolute atomic E-state index is 14.0. The number of nitrogens with zero attached hydrogens (tertiary/aromatic N) is 6. The molecule has 1 aliphatic rings. The number of likely N-dealkylation sites (N-methyl/N-ethyl adjacent to an activating group) is 1. The van der Waals surface area contributed by atoms with Gasteiger partial charge in [0.05, 0.1) is 36.4 Å². The van der Waals surface area contributed by atoms with E-state index in [1.165, 1.54) is 0 Å². The number of hydrogen-bond acceptors (Lipinski definition) is 8. The number of amides is 2. The molecule has 3 heterocycles. The Kier molecular flexibility index (Phi) is 10.5. The number of ether oxygens (including phenoxy) is 1. The highest BCUT2D eigenvalue weighted by Gasteiger charge is 2.25. The van der Waals surface area contributed by atoms with E-state index in [2.05, 4.69) is 84.3 Å². The summed E-state index contributed by atoms with van der Waals surface area (Å²) in [6.45, 7) is 19.8. The second kappa shape index (κ2) is 14.5. The lowest BCUT2D eigenvalue weighted by Crippen LogP contribution is -2.43. The van der Waals surface area contributed by atoms with Gasteiger partial charge in [0.2, 0.25) is 0 Å². The molecule has 1 fully saturated rings. The molecule has 2 aromatic carbocycles. The van der Waals surface area contributed by atoms with E-state index in [4.69, 9.17) is 4.74 Å². The molecule has 2 N–H and O–H groups in total. The lowest BCUT2D eigenvalue weighted by Gasteiger charge is -2.31. The molecule has 0 saturated carbocycles. The van der Waals surface area contributed by atoms with Gasteiger partial charge >= 0.3 is 0 Å². The van der Waals surface area contributed by atoms with Crippen molar-refractivity contribution in [2.45, 2.75) is 60.4 Å². The van der Waals surface area contributed by atoms with Gasteiger partial charge in [-0.1, -0.05) is 58.9 Å². The van der Waals surface area contributed by atoms with Crippen molar-refractivity contribution in [2.75, 3.05) is 52.2 Å². The average Bonchev–Trinajstić information content (AvgIpc) is 3.52. The van der Waals surface area contributed by atoms with E-state index in [9.17, 15) is 9.59 Å². The van der Waals surface area contributed by atoms with Crippen molar-refractivity contribution in [3.8, 4) is 22.6 Å². The van der Waals surface area contributed by atoms with Gasteiger partial charge in [-0.3, -0.25) is 19.5 Å². The third kappa shape index (κ3) is 8.90.